The number of hydrogen-bond acceptors (Lipinski definition) is 3. The highest BCUT2D eigenvalue weighted by atomic mass is 16.1. The molecule has 0 spiro atoms. The predicted octanol–water partition coefficient (Wildman–Crippen LogP) is 1.48. The predicted molar refractivity (Wildman–Crippen MR) is 57.6 cm³/mol. The molecule has 0 fully saturated rings. The van der Waals surface area contributed by atoms with Gasteiger partial charge in [0.1, 0.15) is 5.82 Å². The molecule has 0 aliphatic carbocycles. The van der Waals surface area contributed by atoms with E-state index in [1.54, 1.807) is 10.8 Å². The molecular formula is C10H17N3O. The van der Waals surface area contributed by atoms with Crippen LogP contribution in [0.2, 0.25) is 0 Å². The lowest BCUT2D eigenvalue weighted by Gasteiger charge is -2.05. The van der Waals surface area contributed by atoms with Crippen molar-refractivity contribution < 1.29 is 0 Å². The Labute approximate surface area is 84.0 Å². The van der Waals surface area contributed by atoms with E-state index in [0.29, 0.717) is 5.82 Å². The Balaban J connectivity index is 2.73. The van der Waals surface area contributed by atoms with Crippen LogP contribution in [-0.4, -0.2) is 16.1 Å². The third-order valence-corrected chi connectivity index (χ3v) is 1.89. The molecule has 1 heterocycles. The number of aryl methyl sites for hydroxylation is 1. The molecule has 0 saturated carbocycles. The highest BCUT2D eigenvalue weighted by Gasteiger charge is 1.97. The van der Waals surface area contributed by atoms with Crippen LogP contribution >= 0.6 is 0 Å². The van der Waals surface area contributed by atoms with Gasteiger partial charge in [0.05, 0.1) is 0 Å². The molecule has 0 saturated heterocycles. The lowest BCUT2D eigenvalue weighted by atomic mass is 10.4. The normalized spacial score (nSPS) is 10.1. The van der Waals surface area contributed by atoms with Gasteiger partial charge in [-0.05, 0) is 18.9 Å². The van der Waals surface area contributed by atoms with Crippen LogP contribution in [0, 0.1) is 0 Å². The molecule has 0 aliphatic heterocycles. The molecule has 0 aromatic carbocycles. The molecule has 0 unspecified atom stereocenters. The van der Waals surface area contributed by atoms with E-state index in [1.807, 2.05) is 13.0 Å². The van der Waals surface area contributed by atoms with Gasteiger partial charge in [-0.1, -0.05) is 13.8 Å². The fraction of sp³-hybridized carbons (Fsp3) is 0.600. The minimum Gasteiger partial charge on any atom is -0.370 e. The average Bonchev–Trinajstić information content (AvgIpc) is 2.19. The van der Waals surface area contributed by atoms with Crippen molar-refractivity contribution in [3.05, 3.63) is 22.7 Å². The van der Waals surface area contributed by atoms with Gasteiger partial charge in [-0.2, -0.15) is 4.98 Å². The molecule has 0 atom stereocenters. The van der Waals surface area contributed by atoms with Gasteiger partial charge in [0.25, 0.3) is 0 Å². The van der Waals surface area contributed by atoms with Crippen LogP contribution in [-0.2, 0) is 6.54 Å². The molecule has 1 N–H and O–H groups in total. The number of aromatic nitrogens is 2. The Hall–Kier alpha value is -1.32. The zero-order valence-electron chi connectivity index (χ0n) is 8.79. The first kappa shape index (κ1) is 10.8. The molecule has 0 radical (unpaired) electrons. The highest BCUT2D eigenvalue weighted by Crippen LogP contribution is 1.97. The summed E-state index contributed by atoms with van der Waals surface area (Å²) < 4.78 is 1.62. The Morgan fingerprint density at radius 3 is 2.79 bits per heavy atom. The van der Waals surface area contributed by atoms with Gasteiger partial charge in [0.2, 0.25) is 0 Å². The van der Waals surface area contributed by atoms with Gasteiger partial charge in [-0.3, -0.25) is 4.57 Å². The molecule has 78 valence electrons. The first-order chi connectivity index (χ1) is 6.77. The second-order valence-corrected chi connectivity index (χ2v) is 3.22. The van der Waals surface area contributed by atoms with Crippen molar-refractivity contribution in [2.75, 3.05) is 11.9 Å². The standard InChI is InChI=1S/C10H17N3O/c1-3-6-11-9-5-8-13(7-4-2)10(14)12-9/h5,8H,3-4,6-7H2,1-2H3,(H,11,12,14). The Bertz CT molecular complexity index is 332. The summed E-state index contributed by atoms with van der Waals surface area (Å²) in [5.74, 6) is 0.671. The van der Waals surface area contributed by atoms with Gasteiger partial charge in [-0.15, -0.1) is 0 Å². The van der Waals surface area contributed by atoms with Gasteiger partial charge in [0, 0.05) is 19.3 Å². The zero-order chi connectivity index (χ0) is 10.4. The molecule has 14 heavy (non-hydrogen) atoms. The summed E-state index contributed by atoms with van der Waals surface area (Å²) in [7, 11) is 0. The van der Waals surface area contributed by atoms with Crippen molar-refractivity contribution in [2.45, 2.75) is 33.2 Å². The molecule has 0 aliphatic rings. The van der Waals surface area contributed by atoms with E-state index in [2.05, 4.69) is 17.2 Å². The van der Waals surface area contributed by atoms with Gasteiger partial charge < -0.3 is 5.32 Å². The third kappa shape index (κ3) is 2.87. The molecule has 4 heteroatoms. The minimum absolute atomic E-state index is 0.173. The summed E-state index contributed by atoms with van der Waals surface area (Å²) in [6.45, 7) is 5.70. The highest BCUT2D eigenvalue weighted by molar-refractivity contribution is 5.31. The number of hydrogen-bond donors (Lipinski definition) is 1. The van der Waals surface area contributed by atoms with Gasteiger partial charge in [-0.25, -0.2) is 4.79 Å². The SMILES string of the molecule is CCCNc1ccn(CCC)c(=O)n1. The summed E-state index contributed by atoms with van der Waals surface area (Å²) in [5.41, 5.74) is -0.173. The Morgan fingerprint density at radius 1 is 1.43 bits per heavy atom. The van der Waals surface area contributed by atoms with E-state index in [9.17, 15) is 4.79 Å². The quantitative estimate of drug-likeness (QED) is 0.774. The van der Waals surface area contributed by atoms with Crippen LogP contribution in [0.25, 0.3) is 0 Å². The molecule has 4 nitrogen and oxygen atoms in total. The van der Waals surface area contributed by atoms with Crippen molar-refractivity contribution in [3.63, 3.8) is 0 Å². The van der Waals surface area contributed by atoms with E-state index in [4.69, 9.17) is 0 Å². The zero-order valence-corrected chi connectivity index (χ0v) is 8.79. The molecule has 0 bridgehead atoms. The average molecular weight is 195 g/mol. The van der Waals surface area contributed by atoms with Crippen LogP contribution in [0.4, 0.5) is 5.82 Å². The fourth-order valence-corrected chi connectivity index (χ4v) is 1.19. The molecule has 1 aromatic rings. The lowest BCUT2D eigenvalue weighted by molar-refractivity contribution is 0.636. The molecule has 1 rings (SSSR count). The summed E-state index contributed by atoms with van der Waals surface area (Å²) >= 11 is 0. The fourth-order valence-electron chi connectivity index (χ4n) is 1.19. The number of rotatable bonds is 5. The monoisotopic (exact) mass is 195 g/mol. The third-order valence-electron chi connectivity index (χ3n) is 1.89. The lowest BCUT2D eigenvalue weighted by Crippen LogP contribution is -2.23. The summed E-state index contributed by atoms with van der Waals surface area (Å²) in [6.07, 6.45) is 3.76. The number of anilines is 1. The van der Waals surface area contributed by atoms with Gasteiger partial charge in [0.15, 0.2) is 0 Å². The maximum absolute atomic E-state index is 11.4. The van der Waals surface area contributed by atoms with E-state index in [-0.39, 0.29) is 5.69 Å². The smallest absolute Gasteiger partial charge is 0.349 e. The van der Waals surface area contributed by atoms with Crippen LogP contribution in [0.1, 0.15) is 26.7 Å². The number of nitrogens with zero attached hydrogens (tertiary/aromatic N) is 2. The molecule has 0 amide bonds. The topological polar surface area (TPSA) is 46.9 Å². The Kier molecular flexibility index (Phi) is 4.16. The van der Waals surface area contributed by atoms with Crippen LogP contribution in [0.5, 0.6) is 0 Å². The maximum Gasteiger partial charge on any atom is 0.349 e. The van der Waals surface area contributed by atoms with Crippen molar-refractivity contribution in [1.82, 2.24) is 9.55 Å². The van der Waals surface area contributed by atoms with Crippen molar-refractivity contribution >= 4 is 5.82 Å². The van der Waals surface area contributed by atoms with Gasteiger partial charge >= 0.3 is 5.69 Å². The largest absolute Gasteiger partial charge is 0.370 e. The summed E-state index contributed by atoms with van der Waals surface area (Å²) in [5, 5.41) is 3.08. The first-order valence-corrected chi connectivity index (χ1v) is 5.09. The summed E-state index contributed by atoms with van der Waals surface area (Å²) in [4.78, 5) is 15.3. The molecular weight excluding hydrogens is 178 g/mol. The number of nitrogens with one attached hydrogen (secondary N) is 1. The van der Waals surface area contributed by atoms with E-state index < -0.39 is 0 Å². The molecule has 1 aromatic heterocycles. The second-order valence-electron chi connectivity index (χ2n) is 3.22. The maximum atomic E-state index is 11.4. The first-order valence-electron chi connectivity index (χ1n) is 5.09. The van der Waals surface area contributed by atoms with Crippen molar-refractivity contribution in [1.29, 1.82) is 0 Å². The second kappa shape index (κ2) is 5.42. The van der Waals surface area contributed by atoms with Crippen molar-refractivity contribution in [3.8, 4) is 0 Å². The summed E-state index contributed by atoms with van der Waals surface area (Å²) in [6, 6.07) is 1.84. The van der Waals surface area contributed by atoms with E-state index in [1.165, 1.54) is 0 Å². The van der Waals surface area contributed by atoms with Crippen molar-refractivity contribution in [2.24, 2.45) is 0 Å². The Morgan fingerprint density at radius 2 is 2.21 bits per heavy atom. The minimum atomic E-state index is -0.173. The van der Waals surface area contributed by atoms with E-state index >= 15 is 0 Å². The van der Waals surface area contributed by atoms with Crippen LogP contribution in [0.15, 0.2) is 17.1 Å². The van der Waals surface area contributed by atoms with E-state index in [0.717, 1.165) is 25.9 Å². The van der Waals surface area contributed by atoms with Crippen LogP contribution in [0.3, 0.4) is 0 Å². The van der Waals surface area contributed by atoms with Crippen LogP contribution < -0.4 is 11.0 Å².